The molecule has 1 aliphatic carbocycles. The predicted octanol–water partition coefficient (Wildman–Crippen LogP) is 6.58. The van der Waals surface area contributed by atoms with Gasteiger partial charge in [0.1, 0.15) is 18.6 Å². The average Bonchev–Trinajstić information content (AvgIpc) is 3.50. The molecule has 0 bridgehead atoms. The Labute approximate surface area is 251 Å². The average molecular weight is 570 g/mol. The van der Waals surface area contributed by atoms with Crippen LogP contribution in [0.4, 0.5) is 5.69 Å². The molecule has 3 aromatic rings. The van der Waals surface area contributed by atoms with Gasteiger partial charge in [0.15, 0.2) is 6.19 Å². The van der Waals surface area contributed by atoms with E-state index in [1.165, 1.54) is 42.6 Å². The Bertz CT molecular complexity index is 1310. The SMILES string of the molecule is CN(c1ccc(C(C)(C)C)cc1)C(C=O)c1cc2ccccc2cn1.CNC1CCCCC1.N#CN1CCCC1C=O. The molecule has 1 saturated heterocycles. The van der Waals surface area contributed by atoms with Crippen LogP contribution < -0.4 is 10.2 Å². The van der Waals surface area contributed by atoms with Gasteiger partial charge in [-0.15, -0.1) is 0 Å². The molecule has 42 heavy (non-hydrogen) atoms. The Morgan fingerprint density at radius 3 is 2.19 bits per heavy atom. The highest BCUT2D eigenvalue weighted by Gasteiger charge is 2.22. The Hall–Kier alpha value is -3.76. The molecule has 2 aliphatic rings. The van der Waals surface area contributed by atoms with Crippen LogP contribution in [0.1, 0.15) is 83.0 Å². The van der Waals surface area contributed by atoms with Crippen LogP contribution in [-0.2, 0) is 15.0 Å². The summed E-state index contributed by atoms with van der Waals surface area (Å²) in [6.07, 6.45) is 14.5. The number of likely N-dealkylation sites (N-methyl/N-ethyl adjacent to an activating group) is 1. The molecular formula is C35H47N5O2. The van der Waals surface area contributed by atoms with Gasteiger partial charge in [0.25, 0.3) is 0 Å². The van der Waals surface area contributed by atoms with Crippen LogP contribution in [-0.4, -0.2) is 55.2 Å². The van der Waals surface area contributed by atoms with Gasteiger partial charge in [-0.25, -0.2) is 0 Å². The van der Waals surface area contributed by atoms with E-state index < -0.39 is 6.04 Å². The molecule has 7 nitrogen and oxygen atoms in total. The van der Waals surface area contributed by atoms with E-state index in [9.17, 15) is 9.59 Å². The maximum absolute atomic E-state index is 11.8. The van der Waals surface area contributed by atoms with E-state index >= 15 is 0 Å². The fourth-order valence-corrected chi connectivity index (χ4v) is 5.43. The number of anilines is 1. The van der Waals surface area contributed by atoms with Crippen LogP contribution in [0.15, 0.2) is 60.8 Å². The Morgan fingerprint density at radius 2 is 1.67 bits per heavy atom. The normalized spacial score (nSPS) is 17.6. The summed E-state index contributed by atoms with van der Waals surface area (Å²) in [7, 11) is 4.00. The van der Waals surface area contributed by atoms with Gasteiger partial charge in [-0.3, -0.25) is 4.98 Å². The quantitative estimate of drug-likeness (QED) is 0.265. The maximum Gasteiger partial charge on any atom is 0.179 e. The van der Waals surface area contributed by atoms with E-state index in [1.54, 1.807) is 0 Å². The van der Waals surface area contributed by atoms with E-state index in [2.05, 4.69) is 62.4 Å². The van der Waals surface area contributed by atoms with Crippen molar-refractivity contribution >= 4 is 29.0 Å². The third-order valence-electron chi connectivity index (χ3n) is 8.24. The van der Waals surface area contributed by atoms with E-state index in [4.69, 9.17) is 5.26 Å². The molecule has 2 unspecified atom stereocenters. The fraction of sp³-hybridized carbons (Fsp3) is 0.486. The molecule has 1 aliphatic heterocycles. The molecule has 2 fully saturated rings. The number of rotatable bonds is 6. The number of aromatic nitrogens is 1. The second-order valence-electron chi connectivity index (χ2n) is 12.2. The lowest BCUT2D eigenvalue weighted by Crippen LogP contribution is -2.26. The molecule has 1 aromatic heterocycles. The monoisotopic (exact) mass is 569 g/mol. The number of hydrogen-bond donors (Lipinski definition) is 1. The molecule has 2 heterocycles. The molecule has 224 valence electrons. The summed E-state index contributed by atoms with van der Waals surface area (Å²) in [5, 5.41) is 13.9. The van der Waals surface area contributed by atoms with Gasteiger partial charge in [-0.1, -0.05) is 76.4 Å². The van der Waals surface area contributed by atoms with E-state index in [-0.39, 0.29) is 11.5 Å². The van der Waals surface area contributed by atoms with Crippen molar-refractivity contribution in [2.75, 3.05) is 25.5 Å². The molecule has 0 spiro atoms. The summed E-state index contributed by atoms with van der Waals surface area (Å²) in [5.41, 5.74) is 3.15. The van der Waals surface area contributed by atoms with Gasteiger partial charge < -0.3 is 24.7 Å². The zero-order valence-corrected chi connectivity index (χ0v) is 25.9. The van der Waals surface area contributed by atoms with Gasteiger partial charge in [0.05, 0.1) is 11.7 Å². The summed E-state index contributed by atoms with van der Waals surface area (Å²) in [6, 6.07) is 18.7. The summed E-state index contributed by atoms with van der Waals surface area (Å²) in [5.74, 6) is 0. The lowest BCUT2D eigenvalue weighted by molar-refractivity contribution is -0.111. The van der Waals surface area contributed by atoms with Crippen LogP contribution in [0.3, 0.4) is 0 Å². The molecule has 5 rings (SSSR count). The van der Waals surface area contributed by atoms with Crippen LogP contribution in [0, 0.1) is 11.5 Å². The first kappa shape index (κ1) is 32.8. The van der Waals surface area contributed by atoms with Crippen molar-refractivity contribution in [3.8, 4) is 6.19 Å². The molecule has 7 heteroatoms. The summed E-state index contributed by atoms with van der Waals surface area (Å²) < 4.78 is 0. The van der Waals surface area contributed by atoms with Gasteiger partial charge in [-0.05, 0) is 67.3 Å². The predicted molar refractivity (Wildman–Crippen MR) is 171 cm³/mol. The molecule has 0 radical (unpaired) electrons. The number of benzene rings is 2. The Morgan fingerprint density at radius 1 is 1.00 bits per heavy atom. The van der Waals surface area contributed by atoms with Crippen molar-refractivity contribution in [3.63, 3.8) is 0 Å². The fourth-order valence-electron chi connectivity index (χ4n) is 5.43. The number of nitriles is 1. The first-order chi connectivity index (χ1) is 20.2. The summed E-state index contributed by atoms with van der Waals surface area (Å²) in [6.45, 7) is 7.33. The molecule has 2 aromatic carbocycles. The van der Waals surface area contributed by atoms with Gasteiger partial charge in [0, 0.05) is 36.9 Å². The standard InChI is InChI=1S/C22H24N2O.C7H15N.C6H8N2O/c1-22(2,3)18-9-11-19(12-10-18)24(4)21(15-25)20-13-16-7-5-6-8-17(16)14-23-20;1-8-7-5-3-2-4-6-7;7-5-8-3-1-2-6(8)4-9/h5-15,21H,1-4H3;7-8H,2-6H2,1H3;4,6H,1-3H2. The first-order valence-electron chi connectivity index (χ1n) is 15.1. The minimum Gasteiger partial charge on any atom is -0.360 e. The van der Waals surface area contributed by atoms with E-state index in [1.807, 2.05) is 54.7 Å². The van der Waals surface area contributed by atoms with Crippen LogP contribution in [0.2, 0.25) is 0 Å². The number of nitrogens with zero attached hydrogens (tertiary/aromatic N) is 4. The zero-order chi connectivity index (χ0) is 30.5. The third-order valence-corrected chi connectivity index (χ3v) is 8.24. The summed E-state index contributed by atoms with van der Waals surface area (Å²) in [4.78, 5) is 30.0. The largest absolute Gasteiger partial charge is 0.360 e. The minimum atomic E-state index is -0.412. The number of fused-ring (bicyclic) bond motifs is 1. The Balaban J connectivity index is 0.000000231. The second kappa shape index (κ2) is 16.0. The number of carbonyl (C=O) groups is 2. The number of hydrogen-bond acceptors (Lipinski definition) is 7. The molecule has 2 atom stereocenters. The van der Waals surface area contributed by atoms with Crippen molar-refractivity contribution in [2.45, 2.75) is 89.3 Å². The van der Waals surface area contributed by atoms with E-state index in [0.717, 1.165) is 60.2 Å². The van der Waals surface area contributed by atoms with Gasteiger partial charge in [0.2, 0.25) is 0 Å². The van der Waals surface area contributed by atoms with E-state index in [0.29, 0.717) is 0 Å². The number of likely N-dealkylation sites (tertiary alicyclic amines) is 1. The lowest BCUT2D eigenvalue weighted by atomic mass is 9.87. The van der Waals surface area contributed by atoms with Crippen molar-refractivity contribution in [2.24, 2.45) is 0 Å². The van der Waals surface area contributed by atoms with Crippen LogP contribution >= 0.6 is 0 Å². The van der Waals surface area contributed by atoms with Crippen LogP contribution in [0.5, 0.6) is 0 Å². The highest BCUT2D eigenvalue weighted by atomic mass is 16.1. The van der Waals surface area contributed by atoms with Crippen molar-refractivity contribution in [3.05, 3.63) is 72.1 Å². The molecule has 1 saturated carbocycles. The Kier molecular flexibility index (Phi) is 12.5. The van der Waals surface area contributed by atoms with Crippen molar-refractivity contribution in [1.82, 2.24) is 15.2 Å². The molecule has 1 N–H and O–H groups in total. The number of nitrogens with one attached hydrogen (secondary N) is 1. The summed E-state index contributed by atoms with van der Waals surface area (Å²) >= 11 is 0. The second-order valence-corrected chi connectivity index (χ2v) is 12.2. The third kappa shape index (κ3) is 9.12. The van der Waals surface area contributed by atoms with Crippen molar-refractivity contribution < 1.29 is 9.59 Å². The maximum atomic E-state index is 11.8. The minimum absolute atomic E-state index is 0.112. The highest BCUT2D eigenvalue weighted by Crippen LogP contribution is 2.28. The smallest absolute Gasteiger partial charge is 0.179 e. The zero-order valence-electron chi connectivity index (χ0n) is 25.9. The van der Waals surface area contributed by atoms with Gasteiger partial charge in [-0.2, -0.15) is 5.26 Å². The van der Waals surface area contributed by atoms with Crippen molar-refractivity contribution in [1.29, 1.82) is 5.26 Å². The number of aldehydes is 2. The topological polar surface area (TPSA) is 89.3 Å². The highest BCUT2D eigenvalue weighted by molar-refractivity contribution is 5.83. The van der Waals surface area contributed by atoms with Gasteiger partial charge >= 0.3 is 0 Å². The number of carbonyl (C=O) groups excluding carboxylic acids is 2. The van der Waals surface area contributed by atoms with Crippen LogP contribution in [0.25, 0.3) is 10.8 Å². The first-order valence-corrected chi connectivity index (χ1v) is 15.1. The lowest BCUT2D eigenvalue weighted by Gasteiger charge is -2.27. The number of pyridine rings is 1. The molecule has 0 amide bonds. The molecular weight excluding hydrogens is 522 g/mol.